The first-order chi connectivity index (χ1) is 4.23. The maximum Gasteiger partial charge on any atom is 0.0379 e. The van der Waals surface area contributed by atoms with Crippen LogP contribution in [0.5, 0.6) is 0 Å². The summed E-state index contributed by atoms with van der Waals surface area (Å²) in [5.41, 5.74) is 0. The zero-order chi connectivity index (χ0) is 7.11. The largest absolute Gasteiger partial charge is 0.0767 e. The van der Waals surface area contributed by atoms with E-state index >= 15 is 0 Å². The normalized spacial score (nSPS) is 13.8. The van der Waals surface area contributed by atoms with Gasteiger partial charge in [-0.1, -0.05) is 43.9 Å². The van der Waals surface area contributed by atoms with Gasteiger partial charge in [-0.3, -0.25) is 0 Å². The lowest BCUT2D eigenvalue weighted by atomic mass is 10.5. The van der Waals surface area contributed by atoms with Crippen molar-refractivity contribution in [1.82, 2.24) is 0 Å². The van der Waals surface area contributed by atoms with E-state index < -0.39 is 0 Å². The highest BCUT2D eigenvalue weighted by Crippen LogP contribution is 1.91. The van der Waals surface area contributed by atoms with Crippen molar-refractivity contribution in [3.8, 4) is 0 Å². The Hall–Kier alpha value is -0.303. The molecule has 0 saturated heterocycles. The fourth-order valence-electron chi connectivity index (χ4n) is 0.321. The average molecular weight is 138 g/mol. The molecule has 0 aliphatic heterocycles. The van der Waals surface area contributed by atoms with Gasteiger partial charge in [-0.05, 0) is 0 Å². The van der Waals surface area contributed by atoms with Crippen LogP contribution in [0.4, 0.5) is 0 Å². The summed E-state index contributed by atoms with van der Waals surface area (Å²) in [5, 5.41) is 0. The lowest BCUT2D eigenvalue weighted by molar-refractivity contribution is 1.87. The van der Waals surface area contributed by atoms with Crippen molar-refractivity contribution >= 4 is 8.80 Å². The van der Waals surface area contributed by atoms with Crippen LogP contribution in [0.25, 0.3) is 0 Å². The summed E-state index contributed by atoms with van der Waals surface area (Å²) in [6.07, 6.45) is 10.0. The third-order valence-corrected chi connectivity index (χ3v) is 0.556. The monoisotopic (exact) mass is 138 g/mol. The summed E-state index contributed by atoms with van der Waals surface area (Å²) >= 11 is 0. The van der Waals surface area contributed by atoms with Crippen molar-refractivity contribution in [3.05, 3.63) is 30.7 Å². The van der Waals surface area contributed by atoms with Gasteiger partial charge in [0.25, 0.3) is 0 Å². The number of hydrogen-bond acceptors (Lipinski definition) is 0. The Bertz CT molecular complexity index is 88.4. The smallest absolute Gasteiger partial charge is 0.0379 e. The second-order valence-corrected chi connectivity index (χ2v) is 5.46. The van der Waals surface area contributed by atoms with E-state index in [4.69, 9.17) is 0 Å². The molecule has 0 amide bonds. The minimum atomic E-state index is 0.120. The van der Waals surface area contributed by atoms with Gasteiger partial charge >= 0.3 is 0 Å². The maximum atomic E-state index is 2.27. The molecule has 1 aliphatic carbocycles. The second-order valence-electron chi connectivity index (χ2n) is 2.46. The fraction of sp³-hybridized carbons (Fsp3) is 0.375. The lowest BCUT2D eigenvalue weighted by Gasteiger charge is -1.75. The van der Waals surface area contributed by atoms with Crippen LogP contribution < -0.4 is 0 Å². The summed E-state index contributed by atoms with van der Waals surface area (Å²) in [5.74, 6) is 0. The lowest BCUT2D eigenvalue weighted by Crippen LogP contribution is -1.84. The van der Waals surface area contributed by atoms with Crippen molar-refractivity contribution in [2.45, 2.75) is 19.6 Å². The Morgan fingerprint density at radius 2 is 1.11 bits per heavy atom. The Kier molecular flexibility index (Phi) is 5.63. The Labute approximate surface area is 59.9 Å². The minimum absolute atomic E-state index is 0.120. The molecule has 0 saturated carbocycles. The molecule has 1 aliphatic rings. The standard InChI is InChI=1S/C5H5.C3H9Si/c1-2-4-5-3-1;1-4(2)3/h1-5H;1-3H3. The summed E-state index contributed by atoms with van der Waals surface area (Å²) < 4.78 is 0. The number of allylic oxidation sites excluding steroid dienone is 4. The van der Waals surface area contributed by atoms with Gasteiger partial charge in [-0.25, -0.2) is 0 Å². The van der Waals surface area contributed by atoms with Crippen LogP contribution >= 0.6 is 0 Å². The molecule has 1 rings (SSSR count). The van der Waals surface area contributed by atoms with Crippen molar-refractivity contribution in [1.29, 1.82) is 0 Å². The van der Waals surface area contributed by atoms with Crippen LogP contribution in [0.15, 0.2) is 24.3 Å². The topological polar surface area (TPSA) is 0 Å². The van der Waals surface area contributed by atoms with Crippen LogP contribution in [0.3, 0.4) is 0 Å². The SMILES string of the molecule is C[Si](C)C.[CH]1C=CC=C1. The van der Waals surface area contributed by atoms with Crippen LogP contribution in [0.2, 0.25) is 19.6 Å². The zero-order valence-corrected chi connectivity index (χ0v) is 7.39. The van der Waals surface area contributed by atoms with E-state index in [1.54, 1.807) is 0 Å². The van der Waals surface area contributed by atoms with Gasteiger partial charge in [0.2, 0.25) is 0 Å². The summed E-state index contributed by atoms with van der Waals surface area (Å²) in [6, 6.07) is 0. The first-order valence-electron chi connectivity index (χ1n) is 3.17. The van der Waals surface area contributed by atoms with Gasteiger partial charge in [0.1, 0.15) is 0 Å². The zero-order valence-electron chi connectivity index (χ0n) is 6.39. The number of hydrogen-bond donors (Lipinski definition) is 0. The van der Waals surface area contributed by atoms with Crippen LogP contribution in [0, 0.1) is 6.42 Å². The van der Waals surface area contributed by atoms with Gasteiger partial charge in [0.15, 0.2) is 0 Å². The third kappa shape index (κ3) is 11.3. The maximum absolute atomic E-state index is 2.27. The molecule has 0 N–H and O–H groups in total. The van der Waals surface area contributed by atoms with Crippen molar-refractivity contribution in [3.63, 3.8) is 0 Å². The van der Waals surface area contributed by atoms with Gasteiger partial charge in [-0.15, -0.1) is 0 Å². The van der Waals surface area contributed by atoms with Gasteiger partial charge in [0.05, 0.1) is 0 Å². The molecular weight excluding hydrogens is 124 g/mol. The van der Waals surface area contributed by atoms with E-state index in [-0.39, 0.29) is 8.80 Å². The van der Waals surface area contributed by atoms with Crippen LogP contribution in [-0.2, 0) is 0 Å². The quantitative estimate of drug-likeness (QED) is 0.451. The van der Waals surface area contributed by atoms with Crippen molar-refractivity contribution in [2.75, 3.05) is 0 Å². The van der Waals surface area contributed by atoms with E-state index in [2.05, 4.69) is 19.6 Å². The van der Waals surface area contributed by atoms with E-state index in [9.17, 15) is 0 Å². The van der Waals surface area contributed by atoms with E-state index in [0.29, 0.717) is 0 Å². The molecule has 0 aromatic rings. The Balaban J connectivity index is 0.000000148. The molecule has 0 bridgehead atoms. The molecular formula is C8H14Si. The molecule has 0 fully saturated rings. The molecule has 0 unspecified atom stereocenters. The molecule has 50 valence electrons. The van der Waals surface area contributed by atoms with Crippen LogP contribution in [0.1, 0.15) is 0 Å². The molecule has 0 aromatic carbocycles. The number of rotatable bonds is 0. The Morgan fingerprint density at radius 3 is 1.22 bits per heavy atom. The Morgan fingerprint density at radius 1 is 0.778 bits per heavy atom. The average Bonchev–Trinajstić information content (AvgIpc) is 2.11. The highest BCUT2D eigenvalue weighted by atomic mass is 28.3. The molecule has 0 atom stereocenters. The molecule has 0 nitrogen and oxygen atoms in total. The van der Waals surface area contributed by atoms with Crippen LogP contribution in [-0.4, -0.2) is 8.80 Å². The summed E-state index contributed by atoms with van der Waals surface area (Å²) in [4.78, 5) is 0. The molecule has 0 spiro atoms. The molecule has 2 radical (unpaired) electrons. The third-order valence-electron chi connectivity index (χ3n) is 0.556. The fourth-order valence-corrected chi connectivity index (χ4v) is 0.321. The summed E-state index contributed by atoms with van der Waals surface area (Å²) in [6.45, 7) is 6.81. The van der Waals surface area contributed by atoms with E-state index in [0.717, 1.165) is 0 Å². The first kappa shape index (κ1) is 8.70. The predicted molar refractivity (Wildman–Crippen MR) is 45.9 cm³/mol. The van der Waals surface area contributed by atoms with E-state index in [1.165, 1.54) is 0 Å². The van der Waals surface area contributed by atoms with Gasteiger partial charge in [0, 0.05) is 15.2 Å². The molecule has 1 heteroatoms. The second kappa shape index (κ2) is 5.83. The van der Waals surface area contributed by atoms with Crippen molar-refractivity contribution < 1.29 is 0 Å². The highest BCUT2D eigenvalue weighted by molar-refractivity contribution is 6.54. The molecule has 9 heavy (non-hydrogen) atoms. The van der Waals surface area contributed by atoms with Gasteiger partial charge in [-0.2, -0.15) is 0 Å². The van der Waals surface area contributed by atoms with Gasteiger partial charge < -0.3 is 0 Å². The van der Waals surface area contributed by atoms with E-state index in [1.807, 2.05) is 30.7 Å². The summed E-state index contributed by atoms with van der Waals surface area (Å²) in [7, 11) is 0.120. The molecule has 0 aromatic heterocycles. The predicted octanol–water partition coefficient (Wildman–Crippen LogP) is 2.69. The molecule has 0 heterocycles. The first-order valence-corrected chi connectivity index (χ1v) is 6.17. The highest BCUT2D eigenvalue weighted by Gasteiger charge is 1.73. The van der Waals surface area contributed by atoms with Crippen molar-refractivity contribution in [2.24, 2.45) is 0 Å². The minimum Gasteiger partial charge on any atom is -0.0767 e.